The lowest BCUT2D eigenvalue weighted by atomic mass is 9.60. The molecule has 1 aromatic rings. The van der Waals surface area contributed by atoms with E-state index < -0.39 is 23.0 Å². The monoisotopic (exact) mass is 511 g/mol. The van der Waals surface area contributed by atoms with E-state index in [1.807, 2.05) is 0 Å². The summed E-state index contributed by atoms with van der Waals surface area (Å²) in [6.45, 7) is 4.74. The van der Waals surface area contributed by atoms with Crippen molar-refractivity contribution in [2.75, 3.05) is 19.8 Å². The van der Waals surface area contributed by atoms with Gasteiger partial charge in [0, 0.05) is 24.2 Å². The van der Waals surface area contributed by atoms with Crippen LogP contribution in [0.4, 0.5) is 4.39 Å². The van der Waals surface area contributed by atoms with Crippen LogP contribution in [-0.4, -0.2) is 66.0 Å². The van der Waals surface area contributed by atoms with Gasteiger partial charge in [0.25, 0.3) is 5.91 Å². The van der Waals surface area contributed by atoms with Gasteiger partial charge in [-0.3, -0.25) is 9.59 Å². The number of carbonyl (C=O) groups is 2. The Kier molecular flexibility index (Phi) is 7.90. The molecule has 8 nitrogen and oxygen atoms in total. The molecule has 2 bridgehead atoms. The first-order chi connectivity index (χ1) is 16.6. The first kappa shape index (κ1) is 26.1. The third-order valence-electron chi connectivity index (χ3n) is 7.98. The molecule has 10 heteroatoms. The molecule has 1 heterocycles. The van der Waals surface area contributed by atoms with E-state index in [0.717, 1.165) is 19.0 Å². The van der Waals surface area contributed by atoms with Crippen LogP contribution in [0.15, 0.2) is 18.2 Å². The molecule has 194 valence electrons. The fourth-order valence-corrected chi connectivity index (χ4v) is 5.68. The van der Waals surface area contributed by atoms with Crippen molar-refractivity contribution >= 4 is 23.4 Å². The highest BCUT2D eigenvalue weighted by molar-refractivity contribution is 6.30. The molecule has 35 heavy (non-hydrogen) atoms. The summed E-state index contributed by atoms with van der Waals surface area (Å²) in [5, 5.41) is 20.3. The minimum absolute atomic E-state index is 0.00142. The highest BCUT2D eigenvalue weighted by Crippen LogP contribution is 2.47. The van der Waals surface area contributed by atoms with Gasteiger partial charge in [-0.15, -0.1) is 0 Å². The van der Waals surface area contributed by atoms with Gasteiger partial charge in [0.1, 0.15) is 18.2 Å². The number of amides is 2. The summed E-state index contributed by atoms with van der Waals surface area (Å²) >= 11 is 5.66. The number of hydrogen-bond acceptors (Lipinski definition) is 6. The molecular formula is C25H35ClFN3O5. The van der Waals surface area contributed by atoms with Crippen LogP contribution in [0.2, 0.25) is 5.02 Å². The summed E-state index contributed by atoms with van der Waals surface area (Å²) in [6.07, 6.45) is 2.86. The fraction of sp³-hybridized carbons (Fsp3) is 0.680. The Morgan fingerprint density at radius 3 is 2.54 bits per heavy atom. The van der Waals surface area contributed by atoms with Gasteiger partial charge >= 0.3 is 0 Å². The van der Waals surface area contributed by atoms with Crippen molar-refractivity contribution in [3.8, 4) is 5.75 Å². The number of ether oxygens (including phenoxy) is 2. The lowest BCUT2D eigenvalue weighted by Crippen LogP contribution is -2.70. The average molecular weight is 512 g/mol. The van der Waals surface area contributed by atoms with Gasteiger partial charge in [-0.2, -0.15) is 0 Å². The SMILES string of the molecule is CC1CC(OCC(=O)NC23CCC(NC(=O)COc4ccc(Cl)c(F)c4)(CC2)C[C@@H]3O)CNC1C. The topological polar surface area (TPSA) is 109 Å². The number of aliphatic hydroxyl groups excluding tert-OH is 1. The van der Waals surface area contributed by atoms with Crippen LogP contribution in [0.3, 0.4) is 0 Å². The average Bonchev–Trinajstić information content (AvgIpc) is 2.82. The first-order valence-electron chi connectivity index (χ1n) is 12.3. The maximum Gasteiger partial charge on any atom is 0.258 e. The Balaban J connectivity index is 1.24. The van der Waals surface area contributed by atoms with E-state index in [0.29, 0.717) is 44.1 Å². The molecular weight excluding hydrogens is 477 g/mol. The van der Waals surface area contributed by atoms with Gasteiger partial charge in [-0.05, 0) is 63.5 Å². The second kappa shape index (κ2) is 10.6. The maximum atomic E-state index is 13.6. The zero-order chi connectivity index (χ0) is 25.2. The number of halogens is 2. The van der Waals surface area contributed by atoms with Gasteiger partial charge in [0.15, 0.2) is 6.61 Å². The Labute approximate surface area is 210 Å². The number of nitrogens with one attached hydrogen (secondary N) is 3. The standard InChI is InChI=1S/C25H35ClFN3O5/c1-15-9-18(12-28-16(15)2)35-14-23(33)30-25-7-5-24(6-8-25,11-21(25)31)29-22(32)13-34-17-3-4-19(26)20(27)10-17/h3-4,10,15-16,18,21,28,31H,5-9,11-14H2,1-2H3,(H,29,32)(H,30,33)/t15?,16?,18?,21-,24?,25?/m0/s1. The van der Waals surface area contributed by atoms with E-state index in [9.17, 15) is 19.1 Å². The third-order valence-corrected chi connectivity index (χ3v) is 8.29. The quantitative estimate of drug-likeness (QED) is 0.426. The summed E-state index contributed by atoms with van der Waals surface area (Å²) < 4.78 is 24.8. The highest BCUT2D eigenvalue weighted by Gasteiger charge is 2.55. The second-order valence-corrected chi connectivity index (χ2v) is 10.9. The number of carbonyl (C=O) groups excluding carboxylic acids is 2. The predicted molar refractivity (Wildman–Crippen MR) is 129 cm³/mol. The van der Waals surface area contributed by atoms with E-state index in [2.05, 4.69) is 29.8 Å². The van der Waals surface area contributed by atoms with Crippen LogP contribution in [0.5, 0.6) is 5.75 Å². The first-order valence-corrected chi connectivity index (χ1v) is 12.7. The van der Waals surface area contributed by atoms with Gasteiger partial charge in [0.05, 0.1) is 22.8 Å². The Hall–Kier alpha value is -1.94. The van der Waals surface area contributed by atoms with Gasteiger partial charge in [0.2, 0.25) is 5.91 Å². The summed E-state index contributed by atoms with van der Waals surface area (Å²) in [5.74, 6) is -0.491. The van der Waals surface area contributed by atoms with Crippen LogP contribution in [-0.2, 0) is 14.3 Å². The lowest BCUT2D eigenvalue weighted by Gasteiger charge is -2.56. The molecule has 2 amide bonds. The normalized spacial score (nSPS) is 34.3. The summed E-state index contributed by atoms with van der Waals surface area (Å²) in [4.78, 5) is 25.2. The van der Waals surface area contributed by atoms with Crippen LogP contribution in [0.1, 0.15) is 52.4 Å². The Morgan fingerprint density at radius 2 is 1.89 bits per heavy atom. The van der Waals surface area contributed by atoms with Crippen LogP contribution >= 0.6 is 11.6 Å². The molecule has 5 rings (SSSR count). The molecule has 4 atom stereocenters. The second-order valence-electron chi connectivity index (χ2n) is 10.5. The lowest BCUT2D eigenvalue weighted by molar-refractivity contribution is -0.140. The van der Waals surface area contributed by atoms with E-state index in [1.54, 1.807) is 0 Å². The van der Waals surface area contributed by atoms with Crippen molar-refractivity contribution in [3.63, 3.8) is 0 Å². The van der Waals surface area contributed by atoms with Crippen LogP contribution in [0.25, 0.3) is 0 Å². The van der Waals surface area contributed by atoms with E-state index in [4.69, 9.17) is 21.1 Å². The number of rotatable bonds is 8. The Morgan fingerprint density at radius 1 is 1.17 bits per heavy atom. The van der Waals surface area contributed by atoms with E-state index in [1.165, 1.54) is 12.1 Å². The largest absolute Gasteiger partial charge is 0.484 e. The van der Waals surface area contributed by atoms with Gasteiger partial charge in [-0.1, -0.05) is 18.5 Å². The highest BCUT2D eigenvalue weighted by atomic mass is 35.5. The van der Waals surface area contributed by atoms with Crippen LogP contribution < -0.4 is 20.7 Å². The van der Waals surface area contributed by atoms with Crippen molar-refractivity contribution in [2.24, 2.45) is 5.92 Å². The van der Waals surface area contributed by atoms with Crippen molar-refractivity contribution < 1.29 is 28.6 Å². The summed E-state index contributed by atoms with van der Waals surface area (Å²) in [5.41, 5.74) is -1.24. The van der Waals surface area contributed by atoms with Crippen molar-refractivity contribution in [1.82, 2.24) is 16.0 Å². The maximum absolute atomic E-state index is 13.6. The zero-order valence-corrected chi connectivity index (χ0v) is 21.0. The molecule has 0 spiro atoms. The molecule has 1 saturated heterocycles. The predicted octanol–water partition coefficient (Wildman–Crippen LogP) is 2.31. The smallest absolute Gasteiger partial charge is 0.258 e. The summed E-state index contributed by atoms with van der Waals surface area (Å²) in [7, 11) is 0. The number of fused-ring (bicyclic) bond motifs is 3. The number of piperidine rings is 1. The van der Waals surface area contributed by atoms with Gasteiger partial charge < -0.3 is 30.5 Å². The molecule has 4 aliphatic rings. The third kappa shape index (κ3) is 6.07. The molecule has 3 saturated carbocycles. The summed E-state index contributed by atoms with van der Waals surface area (Å²) in [6, 6.07) is 4.43. The van der Waals surface area contributed by atoms with Crippen molar-refractivity contribution in [3.05, 3.63) is 29.0 Å². The van der Waals surface area contributed by atoms with Gasteiger partial charge in [-0.25, -0.2) is 4.39 Å². The molecule has 1 aliphatic heterocycles. The molecule has 0 radical (unpaired) electrons. The number of hydrogen-bond donors (Lipinski definition) is 4. The minimum Gasteiger partial charge on any atom is -0.484 e. The molecule has 4 fully saturated rings. The molecule has 4 N–H and O–H groups in total. The zero-order valence-electron chi connectivity index (χ0n) is 20.2. The molecule has 3 unspecified atom stereocenters. The van der Waals surface area contributed by atoms with E-state index in [-0.39, 0.29) is 41.9 Å². The Bertz CT molecular complexity index is 940. The van der Waals surface area contributed by atoms with Crippen molar-refractivity contribution in [2.45, 2.75) is 81.7 Å². The van der Waals surface area contributed by atoms with E-state index >= 15 is 0 Å². The minimum atomic E-state index is -0.780. The number of benzene rings is 1. The van der Waals surface area contributed by atoms with Crippen molar-refractivity contribution in [1.29, 1.82) is 0 Å². The molecule has 1 aromatic carbocycles. The fourth-order valence-electron chi connectivity index (χ4n) is 5.56. The van der Waals surface area contributed by atoms with Crippen LogP contribution in [0, 0.1) is 11.7 Å². The molecule has 3 aliphatic carbocycles. The number of aliphatic hydroxyl groups is 1. The molecule has 0 aromatic heterocycles.